The summed E-state index contributed by atoms with van der Waals surface area (Å²) in [5.74, 6) is 1.71. The number of rotatable bonds is 6. The normalized spacial score (nSPS) is 16.6. The Bertz CT molecular complexity index is 726. The van der Waals surface area contributed by atoms with E-state index in [-0.39, 0.29) is 0 Å². The smallest absolute Gasteiger partial charge is 0.199 e. The number of piperazine rings is 1. The fourth-order valence-electron chi connectivity index (χ4n) is 3.41. The van der Waals surface area contributed by atoms with Crippen molar-refractivity contribution >= 4 is 12.2 Å². The standard InChI is InChI=1S/C19H29N5S/c1-16(2)13-21-9-11-22(12-10-21)15-24-19(25)23(17(3)20-24)14-18-7-5-4-6-8-18/h4-8,16H,9-15H2,1-3H3. The van der Waals surface area contributed by atoms with E-state index in [2.05, 4.69) is 57.6 Å². The van der Waals surface area contributed by atoms with Crippen LogP contribution in [0.2, 0.25) is 0 Å². The fraction of sp³-hybridized carbons (Fsp3) is 0.579. The quantitative estimate of drug-likeness (QED) is 0.742. The van der Waals surface area contributed by atoms with Crippen molar-refractivity contribution in [2.24, 2.45) is 5.92 Å². The maximum absolute atomic E-state index is 5.69. The van der Waals surface area contributed by atoms with Crippen molar-refractivity contribution in [3.63, 3.8) is 0 Å². The number of benzene rings is 1. The van der Waals surface area contributed by atoms with Gasteiger partial charge in [0.2, 0.25) is 0 Å². The molecule has 136 valence electrons. The molecule has 3 rings (SSSR count). The predicted molar refractivity (Wildman–Crippen MR) is 104 cm³/mol. The summed E-state index contributed by atoms with van der Waals surface area (Å²) in [6.45, 7) is 13.8. The van der Waals surface area contributed by atoms with Gasteiger partial charge in [0.05, 0.1) is 13.2 Å². The summed E-state index contributed by atoms with van der Waals surface area (Å²) in [5, 5.41) is 4.69. The molecule has 1 aromatic heterocycles. The molecule has 0 N–H and O–H groups in total. The van der Waals surface area contributed by atoms with Crippen molar-refractivity contribution in [2.45, 2.75) is 34.0 Å². The Labute approximate surface area is 155 Å². The minimum atomic E-state index is 0.733. The second kappa shape index (κ2) is 8.25. The van der Waals surface area contributed by atoms with Gasteiger partial charge in [0.25, 0.3) is 0 Å². The molecule has 1 fully saturated rings. The molecule has 0 amide bonds. The van der Waals surface area contributed by atoms with Crippen molar-refractivity contribution in [1.82, 2.24) is 24.1 Å². The zero-order valence-corrected chi connectivity index (χ0v) is 16.4. The molecule has 0 spiro atoms. The van der Waals surface area contributed by atoms with Gasteiger partial charge in [0.1, 0.15) is 5.82 Å². The zero-order chi connectivity index (χ0) is 17.8. The number of aromatic nitrogens is 3. The summed E-state index contributed by atoms with van der Waals surface area (Å²) in [6, 6.07) is 10.4. The van der Waals surface area contributed by atoms with Gasteiger partial charge in [-0.1, -0.05) is 44.2 Å². The summed E-state index contributed by atoms with van der Waals surface area (Å²) in [4.78, 5) is 5.01. The Balaban J connectivity index is 1.63. The van der Waals surface area contributed by atoms with Crippen LogP contribution in [-0.4, -0.2) is 56.9 Å². The van der Waals surface area contributed by atoms with Crippen molar-refractivity contribution in [3.05, 3.63) is 46.5 Å². The number of hydrogen-bond acceptors (Lipinski definition) is 4. The minimum Gasteiger partial charge on any atom is -0.301 e. The van der Waals surface area contributed by atoms with Crippen LogP contribution in [0.25, 0.3) is 0 Å². The summed E-state index contributed by atoms with van der Waals surface area (Å²) < 4.78 is 4.91. The lowest BCUT2D eigenvalue weighted by Gasteiger charge is -2.35. The lowest BCUT2D eigenvalue weighted by atomic mass is 10.2. The second-order valence-corrected chi connectivity index (χ2v) is 7.72. The molecule has 0 saturated carbocycles. The molecule has 25 heavy (non-hydrogen) atoms. The van der Waals surface area contributed by atoms with Crippen LogP contribution in [0.3, 0.4) is 0 Å². The minimum absolute atomic E-state index is 0.733. The van der Waals surface area contributed by atoms with E-state index in [0.29, 0.717) is 0 Å². The summed E-state index contributed by atoms with van der Waals surface area (Å²) in [7, 11) is 0. The van der Waals surface area contributed by atoms with Gasteiger partial charge in [0.15, 0.2) is 4.77 Å². The van der Waals surface area contributed by atoms with E-state index in [1.54, 1.807) is 0 Å². The van der Waals surface area contributed by atoms with Crippen LogP contribution in [0, 0.1) is 17.6 Å². The Morgan fingerprint density at radius 2 is 1.68 bits per heavy atom. The van der Waals surface area contributed by atoms with Crippen LogP contribution in [0.1, 0.15) is 25.2 Å². The average Bonchev–Trinajstić information content (AvgIpc) is 2.85. The van der Waals surface area contributed by atoms with Crippen LogP contribution < -0.4 is 0 Å². The van der Waals surface area contributed by atoms with E-state index in [4.69, 9.17) is 12.2 Å². The van der Waals surface area contributed by atoms with E-state index >= 15 is 0 Å². The molecule has 0 atom stereocenters. The van der Waals surface area contributed by atoms with Gasteiger partial charge in [-0.15, -0.1) is 0 Å². The molecule has 5 nitrogen and oxygen atoms in total. The predicted octanol–water partition coefficient (Wildman–Crippen LogP) is 3.00. The highest BCUT2D eigenvalue weighted by Crippen LogP contribution is 2.10. The SMILES string of the molecule is Cc1nn(CN2CCN(CC(C)C)CC2)c(=S)n1Cc1ccccc1. The first kappa shape index (κ1) is 18.3. The van der Waals surface area contributed by atoms with E-state index in [1.807, 2.05) is 17.7 Å². The molecule has 2 aromatic rings. The van der Waals surface area contributed by atoms with Crippen molar-refractivity contribution < 1.29 is 0 Å². The molecule has 0 bridgehead atoms. The van der Waals surface area contributed by atoms with Crippen molar-refractivity contribution in [2.75, 3.05) is 32.7 Å². The Morgan fingerprint density at radius 3 is 2.32 bits per heavy atom. The van der Waals surface area contributed by atoms with Gasteiger partial charge in [-0.2, -0.15) is 5.10 Å². The lowest BCUT2D eigenvalue weighted by Crippen LogP contribution is -2.47. The number of hydrogen-bond donors (Lipinski definition) is 0. The third-order valence-corrected chi connectivity index (χ3v) is 5.14. The largest absolute Gasteiger partial charge is 0.301 e. The van der Waals surface area contributed by atoms with Crippen LogP contribution in [0.4, 0.5) is 0 Å². The first-order chi connectivity index (χ1) is 12.0. The van der Waals surface area contributed by atoms with E-state index in [9.17, 15) is 0 Å². The summed E-state index contributed by atoms with van der Waals surface area (Å²) in [6.07, 6.45) is 0. The van der Waals surface area contributed by atoms with Crippen molar-refractivity contribution in [1.29, 1.82) is 0 Å². The van der Waals surface area contributed by atoms with Gasteiger partial charge in [-0.3, -0.25) is 9.47 Å². The first-order valence-corrected chi connectivity index (χ1v) is 9.56. The zero-order valence-electron chi connectivity index (χ0n) is 15.6. The summed E-state index contributed by atoms with van der Waals surface area (Å²) >= 11 is 5.69. The van der Waals surface area contributed by atoms with Crippen molar-refractivity contribution in [3.8, 4) is 0 Å². The molecule has 1 aliphatic rings. The third kappa shape index (κ3) is 4.77. The highest BCUT2D eigenvalue weighted by molar-refractivity contribution is 7.71. The van der Waals surface area contributed by atoms with E-state index in [1.165, 1.54) is 12.1 Å². The fourth-order valence-corrected chi connectivity index (χ4v) is 3.70. The molecule has 6 heteroatoms. The number of aryl methyl sites for hydroxylation is 1. The molecule has 2 heterocycles. The first-order valence-electron chi connectivity index (χ1n) is 9.16. The second-order valence-electron chi connectivity index (χ2n) is 7.35. The average molecular weight is 360 g/mol. The molecule has 0 radical (unpaired) electrons. The van der Waals surface area contributed by atoms with Gasteiger partial charge < -0.3 is 4.90 Å². The monoisotopic (exact) mass is 359 g/mol. The van der Waals surface area contributed by atoms with Gasteiger partial charge in [0, 0.05) is 32.7 Å². The molecule has 1 aliphatic heterocycles. The highest BCUT2D eigenvalue weighted by atomic mass is 32.1. The lowest BCUT2D eigenvalue weighted by molar-refractivity contribution is 0.0949. The summed E-state index contributed by atoms with van der Waals surface area (Å²) in [5.41, 5.74) is 1.25. The highest BCUT2D eigenvalue weighted by Gasteiger charge is 2.19. The molecular weight excluding hydrogens is 330 g/mol. The number of nitrogens with zero attached hydrogens (tertiary/aromatic N) is 5. The van der Waals surface area contributed by atoms with Gasteiger partial charge >= 0.3 is 0 Å². The van der Waals surface area contributed by atoms with Gasteiger partial charge in [-0.05, 0) is 30.6 Å². The third-order valence-electron chi connectivity index (χ3n) is 4.71. The Hall–Kier alpha value is -1.50. The molecular formula is C19H29N5S. The van der Waals surface area contributed by atoms with Crippen LogP contribution in [-0.2, 0) is 13.2 Å². The topological polar surface area (TPSA) is 29.2 Å². The Morgan fingerprint density at radius 1 is 1.04 bits per heavy atom. The maximum atomic E-state index is 5.69. The Kier molecular flexibility index (Phi) is 6.04. The maximum Gasteiger partial charge on any atom is 0.199 e. The van der Waals surface area contributed by atoms with Gasteiger partial charge in [-0.25, -0.2) is 4.68 Å². The molecule has 1 saturated heterocycles. The molecule has 0 unspecified atom stereocenters. The van der Waals surface area contributed by atoms with Crippen LogP contribution in [0.5, 0.6) is 0 Å². The molecule has 0 aliphatic carbocycles. The molecule has 1 aromatic carbocycles. The van der Waals surface area contributed by atoms with E-state index in [0.717, 1.165) is 55.9 Å². The van der Waals surface area contributed by atoms with Crippen LogP contribution >= 0.6 is 12.2 Å². The van der Waals surface area contributed by atoms with E-state index < -0.39 is 0 Å². The van der Waals surface area contributed by atoms with Crippen LogP contribution in [0.15, 0.2) is 30.3 Å².